The van der Waals surface area contributed by atoms with Crippen molar-refractivity contribution in [2.24, 2.45) is 0 Å². The fourth-order valence-corrected chi connectivity index (χ4v) is 1.84. The first-order valence-electron chi connectivity index (χ1n) is 3.97. The summed E-state index contributed by atoms with van der Waals surface area (Å²) in [5, 5.41) is 8.41. The molecule has 0 fully saturated rings. The van der Waals surface area contributed by atoms with Gasteiger partial charge >= 0.3 is 5.97 Å². The number of carboxylic acid groups (broad SMARTS) is 1. The maximum atomic E-state index is 10.2. The number of halogens is 1. The Labute approximate surface area is 95.2 Å². The highest BCUT2D eigenvalue weighted by Gasteiger charge is 1.99. The third-order valence-corrected chi connectivity index (χ3v) is 3.21. The van der Waals surface area contributed by atoms with E-state index in [1.165, 1.54) is 11.9 Å². The summed E-state index contributed by atoms with van der Waals surface area (Å²) >= 11 is 4.72. The summed E-state index contributed by atoms with van der Waals surface area (Å²) in [5.74, 6) is -0.855. The molecule has 0 heterocycles. The molecular formula is C9H10BrNO2S. The highest BCUT2D eigenvalue weighted by molar-refractivity contribution is 9.10. The van der Waals surface area contributed by atoms with Crippen molar-refractivity contribution in [3.05, 3.63) is 28.2 Å². The van der Waals surface area contributed by atoms with Crippen molar-refractivity contribution in [3.8, 4) is 0 Å². The molecule has 0 aliphatic carbocycles. The van der Waals surface area contributed by atoms with Gasteiger partial charge in [0.2, 0.25) is 0 Å². The van der Waals surface area contributed by atoms with Crippen molar-refractivity contribution < 1.29 is 9.90 Å². The second-order valence-corrected chi connectivity index (χ2v) is 4.55. The number of benzene rings is 1. The molecule has 0 atom stereocenters. The number of carbonyl (C=O) groups is 1. The highest BCUT2D eigenvalue weighted by atomic mass is 79.9. The van der Waals surface area contributed by atoms with Gasteiger partial charge in [-0.15, -0.1) is 0 Å². The molecule has 0 unspecified atom stereocenters. The lowest BCUT2D eigenvalue weighted by atomic mass is 10.2. The summed E-state index contributed by atoms with van der Waals surface area (Å²) in [4.78, 5) is 11.2. The van der Waals surface area contributed by atoms with E-state index in [0.717, 1.165) is 14.9 Å². The van der Waals surface area contributed by atoms with Crippen molar-refractivity contribution in [1.82, 2.24) is 4.72 Å². The van der Waals surface area contributed by atoms with Crippen LogP contribution >= 0.6 is 27.9 Å². The van der Waals surface area contributed by atoms with Gasteiger partial charge in [0.25, 0.3) is 0 Å². The molecular weight excluding hydrogens is 266 g/mol. The standard InChI is InChI=1S/C9H10BrNO2S/c1-6-4-7(2-3-8(6)10)14-11-5-9(12)13/h2-4,11H,5H2,1H3,(H,12,13). The zero-order chi connectivity index (χ0) is 10.6. The molecule has 2 N–H and O–H groups in total. The molecule has 1 aromatic carbocycles. The summed E-state index contributed by atoms with van der Waals surface area (Å²) in [6.45, 7) is 1.95. The molecule has 0 aromatic heterocycles. The summed E-state index contributed by atoms with van der Waals surface area (Å²) in [6, 6.07) is 5.86. The molecule has 0 bridgehead atoms. The van der Waals surface area contributed by atoms with Crippen molar-refractivity contribution in [2.75, 3.05) is 6.54 Å². The van der Waals surface area contributed by atoms with Gasteiger partial charge < -0.3 is 5.11 Å². The maximum absolute atomic E-state index is 10.2. The molecule has 0 amide bonds. The molecule has 0 saturated heterocycles. The first-order valence-corrected chi connectivity index (χ1v) is 5.58. The van der Waals surface area contributed by atoms with Gasteiger partial charge in [0.15, 0.2) is 0 Å². The predicted molar refractivity (Wildman–Crippen MR) is 60.4 cm³/mol. The SMILES string of the molecule is Cc1cc(SNCC(=O)O)ccc1Br. The third kappa shape index (κ3) is 3.69. The first-order chi connectivity index (χ1) is 6.59. The van der Waals surface area contributed by atoms with Crippen LogP contribution in [0.4, 0.5) is 0 Å². The smallest absolute Gasteiger partial charge is 0.318 e. The van der Waals surface area contributed by atoms with Crippen LogP contribution in [-0.4, -0.2) is 17.6 Å². The van der Waals surface area contributed by atoms with E-state index in [4.69, 9.17) is 5.11 Å². The molecule has 0 radical (unpaired) electrons. The third-order valence-electron chi connectivity index (χ3n) is 1.54. The van der Waals surface area contributed by atoms with E-state index >= 15 is 0 Å². The van der Waals surface area contributed by atoms with E-state index in [1.807, 2.05) is 25.1 Å². The molecule has 3 nitrogen and oxygen atoms in total. The van der Waals surface area contributed by atoms with Crippen LogP contribution in [0.25, 0.3) is 0 Å². The summed E-state index contributed by atoms with van der Waals surface area (Å²) in [5.41, 5.74) is 1.13. The second-order valence-electron chi connectivity index (χ2n) is 2.73. The normalized spacial score (nSPS) is 10.1. The molecule has 76 valence electrons. The van der Waals surface area contributed by atoms with Gasteiger partial charge in [0.05, 0.1) is 0 Å². The minimum atomic E-state index is -0.855. The van der Waals surface area contributed by atoms with Crippen LogP contribution in [0, 0.1) is 6.92 Å². The minimum absolute atomic E-state index is 0.0419. The largest absolute Gasteiger partial charge is 0.480 e. The average Bonchev–Trinajstić information content (AvgIpc) is 2.10. The van der Waals surface area contributed by atoms with Crippen LogP contribution in [0.3, 0.4) is 0 Å². The molecule has 0 saturated carbocycles. The van der Waals surface area contributed by atoms with Crippen molar-refractivity contribution in [2.45, 2.75) is 11.8 Å². The summed E-state index contributed by atoms with van der Waals surface area (Å²) in [7, 11) is 0. The van der Waals surface area contributed by atoms with Gasteiger partial charge in [0, 0.05) is 9.37 Å². The summed E-state index contributed by atoms with van der Waals surface area (Å²) < 4.78 is 3.81. The van der Waals surface area contributed by atoms with E-state index in [1.54, 1.807) is 0 Å². The average molecular weight is 276 g/mol. The van der Waals surface area contributed by atoms with Crippen LogP contribution in [0.2, 0.25) is 0 Å². The quantitative estimate of drug-likeness (QED) is 0.829. The maximum Gasteiger partial charge on any atom is 0.318 e. The number of aryl methyl sites for hydroxylation is 1. The number of nitrogens with one attached hydrogen (secondary N) is 1. The predicted octanol–water partition coefficient (Wildman–Crippen LogP) is 2.44. The molecule has 5 heteroatoms. The van der Waals surface area contributed by atoms with E-state index in [-0.39, 0.29) is 6.54 Å². The Bertz CT molecular complexity index is 344. The van der Waals surface area contributed by atoms with Crippen LogP contribution in [0.5, 0.6) is 0 Å². The Hall–Kier alpha value is -0.520. The topological polar surface area (TPSA) is 49.3 Å². The van der Waals surface area contributed by atoms with E-state index < -0.39 is 5.97 Å². The monoisotopic (exact) mass is 275 g/mol. The lowest BCUT2D eigenvalue weighted by molar-refractivity contribution is -0.135. The lowest BCUT2D eigenvalue weighted by Gasteiger charge is -2.03. The van der Waals surface area contributed by atoms with Gasteiger partial charge in [-0.2, -0.15) is 0 Å². The molecule has 0 spiro atoms. The second kappa shape index (κ2) is 5.38. The van der Waals surface area contributed by atoms with Gasteiger partial charge in [-0.3, -0.25) is 4.79 Å². The fourth-order valence-electron chi connectivity index (χ4n) is 0.862. The summed E-state index contributed by atoms with van der Waals surface area (Å²) in [6.07, 6.45) is 0. The van der Waals surface area contributed by atoms with Crippen molar-refractivity contribution >= 4 is 33.8 Å². The number of hydrogen-bond donors (Lipinski definition) is 2. The van der Waals surface area contributed by atoms with Crippen molar-refractivity contribution in [3.63, 3.8) is 0 Å². The molecule has 14 heavy (non-hydrogen) atoms. The Kier molecular flexibility index (Phi) is 4.44. The van der Waals surface area contributed by atoms with Gasteiger partial charge in [-0.05, 0) is 42.6 Å². The molecule has 1 aromatic rings. The zero-order valence-electron chi connectivity index (χ0n) is 7.58. The lowest BCUT2D eigenvalue weighted by Crippen LogP contribution is -2.15. The Morgan fingerprint density at radius 1 is 1.64 bits per heavy atom. The van der Waals surface area contributed by atoms with E-state index in [2.05, 4.69) is 20.7 Å². The molecule has 0 aliphatic rings. The Morgan fingerprint density at radius 2 is 2.36 bits per heavy atom. The van der Waals surface area contributed by atoms with Crippen LogP contribution in [0.15, 0.2) is 27.6 Å². The number of carboxylic acids is 1. The zero-order valence-corrected chi connectivity index (χ0v) is 9.98. The van der Waals surface area contributed by atoms with Gasteiger partial charge in [-0.25, -0.2) is 4.72 Å². The van der Waals surface area contributed by atoms with E-state index in [9.17, 15) is 4.79 Å². The van der Waals surface area contributed by atoms with Crippen LogP contribution < -0.4 is 4.72 Å². The number of aliphatic carboxylic acids is 1. The molecule has 1 rings (SSSR count). The Morgan fingerprint density at radius 3 is 2.93 bits per heavy atom. The Balaban J connectivity index is 2.51. The van der Waals surface area contributed by atoms with Crippen LogP contribution in [0.1, 0.15) is 5.56 Å². The molecule has 0 aliphatic heterocycles. The number of rotatable bonds is 4. The van der Waals surface area contributed by atoms with Crippen molar-refractivity contribution in [1.29, 1.82) is 0 Å². The minimum Gasteiger partial charge on any atom is -0.480 e. The highest BCUT2D eigenvalue weighted by Crippen LogP contribution is 2.22. The van der Waals surface area contributed by atoms with Gasteiger partial charge in [-0.1, -0.05) is 15.9 Å². The first kappa shape index (κ1) is 11.6. The number of hydrogen-bond acceptors (Lipinski definition) is 3. The fraction of sp³-hybridized carbons (Fsp3) is 0.222. The van der Waals surface area contributed by atoms with Gasteiger partial charge in [0.1, 0.15) is 6.54 Å². The van der Waals surface area contributed by atoms with E-state index in [0.29, 0.717) is 0 Å². The van der Waals surface area contributed by atoms with Crippen LogP contribution in [-0.2, 0) is 4.79 Å².